The molecule has 4 aromatic rings. The average Bonchev–Trinajstić information content (AvgIpc) is 3.48. The number of anilines is 4. The quantitative estimate of drug-likeness (QED) is 0.526. The molecule has 29 heavy (non-hydrogen) atoms. The van der Waals surface area contributed by atoms with Crippen LogP contribution in [0.4, 0.5) is 22.3 Å². The molecule has 148 valence electrons. The van der Waals surface area contributed by atoms with Gasteiger partial charge >= 0.3 is 0 Å². The van der Waals surface area contributed by atoms with E-state index in [-0.39, 0.29) is 0 Å². The van der Waals surface area contributed by atoms with Crippen LogP contribution < -0.4 is 10.2 Å². The molecule has 0 atom stereocenters. The summed E-state index contributed by atoms with van der Waals surface area (Å²) in [6.07, 6.45) is 10.7. The summed E-state index contributed by atoms with van der Waals surface area (Å²) in [7, 11) is 3.90. The van der Waals surface area contributed by atoms with E-state index in [0.29, 0.717) is 5.92 Å². The molecule has 1 N–H and O–H groups in total. The molecule has 0 radical (unpaired) electrons. The second-order valence-electron chi connectivity index (χ2n) is 7.41. The van der Waals surface area contributed by atoms with Crippen molar-refractivity contribution in [1.29, 1.82) is 0 Å². The van der Waals surface area contributed by atoms with Crippen LogP contribution in [0.15, 0.2) is 36.8 Å². The predicted octanol–water partition coefficient (Wildman–Crippen LogP) is 4.38. The zero-order valence-electron chi connectivity index (χ0n) is 16.4. The van der Waals surface area contributed by atoms with Crippen LogP contribution >= 0.6 is 11.3 Å². The van der Waals surface area contributed by atoms with Crippen molar-refractivity contribution in [2.24, 2.45) is 7.05 Å². The van der Waals surface area contributed by atoms with Crippen molar-refractivity contribution in [3.8, 4) is 0 Å². The van der Waals surface area contributed by atoms with Gasteiger partial charge in [-0.15, -0.1) is 10.2 Å². The van der Waals surface area contributed by atoms with E-state index in [9.17, 15) is 0 Å². The zero-order valence-corrected chi connectivity index (χ0v) is 17.2. The first-order valence-corrected chi connectivity index (χ1v) is 10.6. The number of aryl methyl sites for hydroxylation is 1. The fourth-order valence-electron chi connectivity index (χ4n) is 3.71. The number of nitrogens with one attached hydrogen (secondary N) is 1. The summed E-state index contributed by atoms with van der Waals surface area (Å²) in [5.74, 6) is 1.32. The minimum absolute atomic E-state index is 0.572. The molecule has 1 saturated carbocycles. The van der Waals surface area contributed by atoms with E-state index in [0.717, 1.165) is 38.4 Å². The van der Waals surface area contributed by atoms with Crippen LogP contribution in [0.3, 0.4) is 0 Å². The summed E-state index contributed by atoms with van der Waals surface area (Å²) in [6, 6.07) is 5.93. The van der Waals surface area contributed by atoms with Gasteiger partial charge in [0.15, 0.2) is 0 Å². The SMILES string of the molecule is CN(c1cnc2ccc(Nc3nnc(C4CCCC4)s3)nc2c1)c1cnn(C)c1. The Morgan fingerprint density at radius 2 is 1.97 bits per heavy atom. The Labute approximate surface area is 172 Å². The van der Waals surface area contributed by atoms with Gasteiger partial charge < -0.3 is 10.2 Å². The first-order chi connectivity index (χ1) is 14.2. The predicted molar refractivity (Wildman–Crippen MR) is 115 cm³/mol. The van der Waals surface area contributed by atoms with Crippen LogP contribution in [-0.4, -0.2) is 37.0 Å². The molecule has 5 rings (SSSR count). The largest absolute Gasteiger partial charge is 0.341 e. The maximum Gasteiger partial charge on any atom is 0.211 e. The molecular weight excluding hydrogens is 384 g/mol. The maximum absolute atomic E-state index is 4.74. The lowest BCUT2D eigenvalue weighted by atomic mass is 10.1. The highest BCUT2D eigenvalue weighted by Gasteiger charge is 2.21. The summed E-state index contributed by atoms with van der Waals surface area (Å²) in [5, 5.41) is 18.1. The van der Waals surface area contributed by atoms with Gasteiger partial charge in [-0.05, 0) is 31.0 Å². The minimum Gasteiger partial charge on any atom is -0.341 e. The summed E-state index contributed by atoms with van der Waals surface area (Å²) in [5.41, 5.74) is 3.62. The van der Waals surface area contributed by atoms with E-state index in [1.165, 1.54) is 25.7 Å². The van der Waals surface area contributed by atoms with E-state index in [2.05, 4.69) is 25.6 Å². The van der Waals surface area contributed by atoms with Gasteiger partial charge in [-0.25, -0.2) is 4.98 Å². The average molecular weight is 407 g/mol. The molecule has 1 fully saturated rings. The van der Waals surface area contributed by atoms with Crippen LogP contribution in [0.25, 0.3) is 11.0 Å². The second-order valence-corrected chi connectivity index (χ2v) is 8.42. The number of fused-ring (bicyclic) bond motifs is 1. The molecule has 0 unspecified atom stereocenters. The number of pyridine rings is 2. The van der Waals surface area contributed by atoms with Gasteiger partial charge in [-0.3, -0.25) is 9.67 Å². The van der Waals surface area contributed by atoms with E-state index in [1.54, 1.807) is 16.0 Å². The Bertz CT molecular complexity index is 1140. The van der Waals surface area contributed by atoms with Crippen molar-refractivity contribution >= 4 is 44.7 Å². The van der Waals surface area contributed by atoms with Crippen molar-refractivity contribution in [3.05, 3.63) is 41.8 Å². The van der Waals surface area contributed by atoms with Crippen molar-refractivity contribution in [2.45, 2.75) is 31.6 Å². The minimum atomic E-state index is 0.572. The summed E-state index contributed by atoms with van der Waals surface area (Å²) < 4.78 is 1.78. The Morgan fingerprint density at radius 1 is 1.10 bits per heavy atom. The van der Waals surface area contributed by atoms with E-state index >= 15 is 0 Å². The third-order valence-corrected chi connectivity index (χ3v) is 6.37. The Hall–Kier alpha value is -3.07. The third kappa shape index (κ3) is 3.65. The van der Waals surface area contributed by atoms with Gasteiger partial charge in [-0.2, -0.15) is 5.10 Å². The second kappa shape index (κ2) is 7.40. The molecule has 1 aliphatic rings. The Balaban J connectivity index is 1.39. The highest BCUT2D eigenvalue weighted by molar-refractivity contribution is 7.15. The molecular formula is C20H22N8S. The fraction of sp³-hybridized carbons (Fsp3) is 0.350. The molecule has 4 aromatic heterocycles. The third-order valence-electron chi connectivity index (χ3n) is 5.37. The number of hydrogen-bond donors (Lipinski definition) is 1. The van der Waals surface area contributed by atoms with Gasteiger partial charge in [0.2, 0.25) is 5.13 Å². The number of nitrogens with zero attached hydrogens (tertiary/aromatic N) is 7. The molecule has 8 nitrogen and oxygen atoms in total. The fourth-order valence-corrected chi connectivity index (χ4v) is 4.63. The number of aromatic nitrogens is 6. The Kier molecular flexibility index (Phi) is 4.59. The van der Waals surface area contributed by atoms with Gasteiger partial charge in [0, 0.05) is 26.2 Å². The van der Waals surface area contributed by atoms with Gasteiger partial charge in [0.1, 0.15) is 10.8 Å². The summed E-state index contributed by atoms with van der Waals surface area (Å²) >= 11 is 1.63. The van der Waals surface area contributed by atoms with E-state index in [1.807, 2.05) is 55.8 Å². The van der Waals surface area contributed by atoms with Crippen LogP contribution in [-0.2, 0) is 7.05 Å². The number of hydrogen-bond acceptors (Lipinski definition) is 8. The van der Waals surface area contributed by atoms with Crippen molar-refractivity contribution in [2.75, 3.05) is 17.3 Å². The standard InChI is InChI=1S/C20H22N8S/c1-27-12-15(11-22-27)28(2)14-9-17-16(21-10-14)7-8-18(23-17)24-20-26-25-19(29-20)13-5-3-4-6-13/h7-13H,3-6H2,1-2H3,(H,23,24,26). The summed E-state index contributed by atoms with van der Waals surface area (Å²) in [6.45, 7) is 0. The van der Waals surface area contributed by atoms with Gasteiger partial charge in [-0.1, -0.05) is 24.2 Å². The van der Waals surface area contributed by atoms with Gasteiger partial charge in [0.25, 0.3) is 0 Å². The van der Waals surface area contributed by atoms with Crippen LogP contribution in [0.2, 0.25) is 0 Å². The van der Waals surface area contributed by atoms with E-state index in [4.69, 9.17) is 4.98 Å². The monoisotopic (exact) mass is 406 g/mol. The molecule has 0 spiro atoms. The number of rotatable bonds is 5. The van der Waals surface area contributed by atoms with E-state index < -0.39 is 0 Å². The molecule has 0 saturated heterocycles. The first kappa shape index (κ1) is 18.0. The van der Waals surface area contributed by atoms with Gasteiger partial charge in [0.05, 0.1) is 34.8 Å². The molecule has 9 heteroatoms. The molecule has 4 heterocycles. The van der Waals surface area contributed by atoms with Crippen molar-refractivity contribution < 1.29 is 0 Å². The first-order valence-electron chi connectivity index (χ1n) is 9.75. The van der Waals surface area contributed by atoms with Crippen LogP contribution in [0.1, 0.15) is 36.6 Å². The normalized spacial score (nSPS) is 14.6. The summed E-state index contributed by atoms with van der Waals surface area (Å²) in [4.78, 5) is 11.3. The lowest BCUT2D eigenvalue weighted by Crippen LogP contribution is -2.09. The molecule has 0 aliphatic heterocycles. The maximum atomic E-state index is 4.74. The lowest BCUT2D eigenvalue weighted by Gasteiger charge is -2.17. The zero-order chi connectivity index (χ0) is 19.8. The lowest BCUT2D eigenvalue weighted by molar-refractivity contribution is 0.705. The topological polar surface area (TPSA) is 84.7 Å². The Morgan fingerprint density at radius 3 is 2.76 bits per heavy atom. The molecule has 0 amide bonds. The molecule has 1 aliphatic carbocycles. The molecule has 0 bridgehead atoms. The van der Waals surface area contributed by atoms with Crippen molar-refractivity contribution in [1.82, 2.24) is 29.9 Å². The highest BCUT2D eigenvalue weighted by atomic mass is 32.1. The smallest absolute Gasteiger partial charge is 0.211 e. The van der Waals surface area contributed by atoms with Crippen LogP contribution in [0.5, 0.6) is 0 Å². The van der Waals surface area contributed by atoms with Crippen LogP contribution in [0, 0.1) is 0 Å². The highest BCUT2D eigenvalue weighted by Crippen LogP contribution is 2.37. The van der Waals surface area contributed by atoms with Crippen molar-refractivity contribution in [3.63, 3.8) is 0 Å². The molecule has 0 aromatic carbocycles.